The molecule has 1 aromatic rings. The van der Waals surface area contributed by atoms with Gasteiger partial charge in [0.2, 0.25) is 11.8 Å². The van der Waals surface area contributed by atoms with Crippen LogP contribution in [0.4, 0.5) is 5.69 Å². The summed E-state index contributed by atoms with van der Waals surface area (Å²) in [4.78, 5) is 7.97. The third kappa shape index (κ3) is 1.88. The first-order valence-electron chi connectivity index (χ1n) is 4.40. The number of aliphatic imine (C=N–C) groups is 2. The molecule has 1 aromatic carbocycles. The van der Waals surface area contributed by atoms with Crippen LogP contribution in [0.5, 0.6) is 0 Å². The fraction of sp³-hybridized carbons (Fsp3) is 0. The van der Waals surface area contributed by atoms with Crippen molar-refractivity contribution in [3.05, 3.63) is 29.3 Å². The van der Waals surface area contributed by atoms with Gasteiger partial charge >= 0.3 is 0 Å². The van der Waals surface area contributed by atoms with Gasteiger partial charge in [-0.2, -0.15) is 4.99 Å². The van der Waals surface area contributed by atoms with E-state index < -0.39 is 0 Å². The molecule has 2 rings (SSSR count). The molecule has 0 aromatic heterocycles. The van der Waals surface area contributed by atoms with Crippen molar-refractivity contribution in [3.8, 4) is 0 Å². The van der Waals surface area contributed by atoms with Gasteiger partial charge in [0, 0.05) is 5.02 Å². The van der Waals surface area contributed by atoms with Crippen LogP contribution in [-0.2, 0) is 0 Å². The monoisotopic (exact) mass is 236 g/mol. The number of hydrogen-bond acceptors (Lipinski definition) is 4. The molecular weight excluding hydrogens is 228 g/mol. The number of nitrogens with zero attached hydrogens (tertiary/aromatic N) is 3. The van der Waals surface area contributed by atoms with Crippen molar-refractivity contribution in [2.75, 3.05) is 0 Å². The van der Waals surface area contributed by atoms with E-state index in [1.165, 1.54) is 0 Å². The number of nitrogens with two attached hydrogens (primary N) is 2. The third-order valence-electron chi connectivity index (χ3n) is 1.96. The van der Waals surface area contributed by atoms with Gasteiger partial charge < -0.3 is 5.73 Å². The minimum absolute atomic E-state index is 0.0440. The van der Waals surface area contributed by atoms with Crippen LogP contribution < -0.4 is 11.6 Å². The summed E-state index contributed by atoms with van der Waals surface area (Å²) in [7, 11) is 0. The van der Waals surface area contributed by atoms with Gasteiger partial charge in [-0.15, -0.1) is 0 Å². The van der Waals surface area contributed by atoms with Crippen LogP contribution in [0.1, 0.15) is 0 Å². The first kappa shape index (κ1) is 10.6. The van der Waals surface area contributed by atoms with Crippen molar-refractivity contribution in [2.24, 2.45) is 21.6 Å². The summed E-state index contributed by atoms with van der Waals surface area (Å²) in [6.45, 7) is 0. The lowest BCUT2D eigenvalue weighted by molar-refractivity contribution is 0.661. The van der Waals surface area contributed by atoms with Gasteiger partial charge in [0.25, 0.3) is 0 Å². The van der Waals surface area contributed by atoms with Gasteiger partial charge in [0.15, 0.2) is 5.84 Å². The average Bonchev–Trinajstić information content (AvgIpc) is 2.47. The highest BCUT2D eigenvalue weighted by Crippen LogP contribution is 2.19. The van der Waals surface area contributed by atoms with Crippen LogP contribution in [0, 0.1) is 5.41 Å². The molecule has 16 heavy (non-hydrogen) atoms. The number of halogens is 1. The lowest BCUT2D eigenvalue weighted by Crippen LogP contribution is -2.43. The molecule has 1 aliphatic rings. The van der Waals surface area contributed by atoms with Crippen molar-refractivity contribution in [1.29, 1.82) is 5.41 Å². The molecule has 0 amide bonds. The number of guanidine groups is 1. The van der Waals surface area contributed by atoms with Crippen LogP contribution >= 0.6 is 11.6 Å². The maximum atomic E-state index is 7.59. The normalized spacial score (nSPS) is 18.1. The lowest BCUT2D eigenvalue weighted by Gasteiger charge is -2.07. The Labute approximate surface area is 96.7 Å². The summed E-state index contributed by atoms with van der Waals surface area (Å²) in [5, 5.41) is 9.11. The topological polar surface area (TPSA) is 104 Å². The molecule has 82 valence electrons. The number of hydrogen-bond donors (Lipinski definition) is 3. The molecule has 0 radical (unpaired) electrons. The van der Waals surface area contributed by atoms with Gasteiger partial charge in [0.1, 0.15) is 0 Å². The van der Waals surface area contributed by atoms with Crippen LogP contribution in [0.3, 0.4) is 0 Å². The summed E-state index contributed by atoms with van der Waals surface area (Å²) in [6, 6.07) is 6.90. The fourth-order valence-corrected chi connectivity index (χ4v) is 1.37. The van der Waals surface area contributed by atoms with Crippen molar-refractivity contribution in [1.82, 2.24) is 5.01 Å². The molecule has 0 saturated heterocycles. The van der Waals surface area contributed by atoms with Gasteiger partial charge in [-0.1, -0.05) is 17.7 Å². The molecule has 5 N–H and O–H groups in total. The Bertz CT molecular complexity index is 506. The smallest absolute Gasteiger partial charge is 0.218 e. The Morgan fingerprint density at radius 1 is 1.44 bits per heavy atom. The average molecular weight is 237 g/mol. The van der Waals surface area contributed by atoms with E-state index in [1.807, 2.05) is 0 Å². The van der Waals surface area contributed by atoms with Crippen molar-refractivity contribution < 1.29 is 0 Å². The molecule has 0 bridgehead atoms. The van der Waals surface area contributed by atoms with E-state index in [9.17, 15) is 0 Å². The van der Waals surface area contributed by atoms with E-state index in [2.05, 4.69) is 9.98 Å². The van der Waals surface area contributed by atoms with Crippen LogP contribution in [0.15, 0.2) is 34.3 Å². The summed E-state index contributed by atoms with van der Waals surface area (Å²) >= 11 is 5.81. The molecule has 1 aliphatic heterocycles. The molecule has 7 heteroatoms. The second-order valence-electron chi connectivity index (χ2n) is 3.10. The van der Waals surface area contributed by atoms with E-state index in [0.717, 1.165) is 5.01 Å². The number of rotatable bonds is 1. The largest absolute Gasteiger partial charge is 0.368 e. The van der Waals surface area contributed by atoms with Gasteiger partial charge in [-0.3, -0.25) is 5.41 Å². The van der Waals surface area contributed by atoms with E-state index >= 15 is 0 Å². The summed E-state index contributed by atoms with van der Waals surface area (Å²) < 4.78 is 0. The molecule has 0 fully saturated rings. The van der Waals surface area contributed by atoms with Crippen molar-refractivity contribution in [2.45, 2.75) is 0 Å². The lowest BCUT2D eigenvalue weighted by atomic mass is 10.3. The number of nitrogens with one attached hydrogen (secondary N) is 1. The van der Waals surface area contributed by atoms with E-state index in [1.54, 1.807) is 24.3 Å². The molecule has 6 nitrogen and oxygen atoms in total. The minimum Gasteiger partial charge on any atom is -0.368 e. The quantitative estimate of drug-likeness (QED) is 0.630. The van der Waals surface area contributed by atoms with Gasteiger partial charge in [-0.05, 0) is 18.2 Å². The zero-order valence-corrected chi connectivity index (χ0v) is 8.94. The van der Waals surface area contributed by atoms with E-state index in [0.29, 0.717) is 10.7 Å². The SMILES string of the molecule is N=C1C(=Nc2cccc(Cl)c2)N=C(N)N1N. The van der Waals surface area contributed by atoms with Gasteiger partial charge in [0.05, 0.1) is 5.69 Å². The maximum Gasteiger partial charge on any atom is 0.218 e. The Kier molecular flexibility index (Phi) is 2.59. The number of benzene rings is 1. The third-order valence-corrected chi connectivity index (χ3v) is 2.20. The van der Waals surface area contributed by atoms with E-state index in [4.69, 9.17) is 28.6 Å². The van der Waals surface area contributed by atoms with Crippen LogP contribution in [-0.4, -0.2) is 22.6 Å². The zero-order chi connectivity index (χ0) is 11.7. The molecule has 0 saturated carbocycles. The Morgan fingerprint density at radius 3 is 2.75 bits per heavy atom. The highest BCUT2D eigenvalue weighted by molar-refractivity contribution is 6.47. The van der Waals surface area contributed by atoms with Gasteiger partial charge in [-0.25, -0.2) is 15.8 Å². The molecule has 0 unspecified atom stereocenters. The molecule has 0 atom stereocenters. The van der Waals surface area contributed by atoms with Crippen molar-refractivity contribution in [3.63, 3.8) is 0 Å². The molecule has 0 spiro atoms. The first-order chi connectivity index (χ1) is 7.58. The van der Waals surface area contributed by atoms with E-state index in [-0.39, 0.29) is 17.6 Å². The summed E-state index contributed by atoms with van der Waals surface area (Å²) in [5.41, 5.74) is 6.04. The highest BCUT2D eigenvalue weighted by atomic mass is 35.5. The molecule has 0 aliphatic carbocycles. The zero-order valence-electron chi connectivity index (χ0n) is 8.18. The standard InChI is InChI=1S/C9H9ClN6/c10-5-2-1-3-6(4-5)14-8-7(11)16(13)9(12)15-8/h1-4,11H,13H2,(H2,12,14,15). The second kappa shape index (κ2) is 3.92. The Balaban J connectivity index is 2.36. The minimum atomic E-state index is -0.0440. The number of hydrazine groups is 1. The fourth-order valence-electron chi connectivity index (χ4n) is 1.18. The predicted octanol–water partition coefficient (Wildman–Crippen LogP) is 0.851. The summed E-state index contributed by atoms with van der Waals surface area (Å²) in [6.07, 6.45) is 0. The van der Waals surface area contributed by atoms with Crippen LogP contribution in [0.25, 0.3) is 0 Å². The second-order valence-corrected chi connectivity index (χ2v) is 3.54. The molecular formula is C9H9ClN6. The first-order valence-corrected chi connectivity index (χ1v) is 4.78. The predicted molar refractivity (Wildman–Crippen MR) is 63.9 cm³/mol. The number of amidine groups is 2. The van der Waals surface area contributed by atoms with Crippen molar-refractivity contribution >= 4 is 34.9 Å². The maximum absolute atomic E-state index is 7.59. The Morgan fingerprint density at radius 2 is 2.19 bits per heavy atom. The molecule has 1 heterocycles. The highest BCUT2D eigenvalue weighted by Gasteiger charge is 2.23. The van der Waals surface area contributed by atoms with Crippen LogP contribution in [0.2, 0.25) is 5.02 Å². The Hall–Kier alpha value is -1.92. The summed E-state index contributed by atoms with van der Waals surface area (Å²) in [5.74, 6) is 5.61.